The van der Waals surface area contributed by atoms with Crippen LogP contribution in [0, 0.1) is 16.0 Å². The highest BCUT2D eigenvalue weighted by Gasteiger charge is 2.37. The summed E-state index contributed by atoms with van der Waals surface area (Å²) in [7, 11) is 0. The van der Waals surface area contributed by atoms with Crippen molar-refractivity contribution in [3.8, 4) is 0 Å². The van der Waals surface area contributed by atoms with Crippen LogP contribution in [0.1, 0.15) is 31.7 Å². The Morgan fingerprint density at radius 1 is 1.45 bits per heavy atom. The van der Waals surface area contributed by atoms with Gasteiger partial charge in [-0.1, -0.05) is 6.07 Å². The molecular formula is C15H21N3O2. The van der Waals surface area contributed by atoms with Gasteiger partial charge in [-0.3, -0.25) is 15.0 Å². The van der Waals surface area contributed by atoms with Crippen LogP contribution < -0.4 is 5.32 Å². The Morgan fingerprint density at radius 2 is 2.30 bits per heavy atom. The van der Waals surface area contributed by atoms with Gasteiger partial charge < -0.3 is 5.32 Å². The highest BCUT2D eigenvalue weighted by molar-refractivity contribution is 5.62. The zero-order chi connectivity index (χ0) is 14.1. The average Bonchev–Trinajstić information content (AvgIpc) is 3.03. The number of hydrogen-bond acceptors (Lipinski definition) is 4. The van der Waals surface area contributed by atoms with Crippen molar-refractivity contribution in [2.45, 2.75) is 38.8 Å². The van der Waals surface area contributed by atoms with Gasteiger partial charge in [-0.05, 0) is 43.7 Å². The van der Waals surface area contributed by atoms with Gasteiger partial charge in [-0.2, -0.15) is 0 Å². The first-order valence-corrected chi connectivity index (χ1v) is 7.42. The molecule has 5 nitrogen and oxygen atoms in total. The predicted molar refractivity (Wildman–Crippen MR) is 78.8 cm³/mol. The number of hydrogen-bond donors (Lipinski definition) is 1. The fourth-order valence-corrected chi connectivity index (χ4v) is 3.62. The summed E-state index contributed by atoms with van der Waals surface area (Å²) in [5, 5.41) is 14.2. The van der Waals surface area contributed by atoms with Crippen LogP contribution in [-0.4, -0.2) is 29.0 Å². The Labute approximate surface area is 119 Å². The third-order valence-corrected chi connectivity index (χ3v) is 4.53. The number of benzene rings is 1. The van der Waals surface area contributed by atoms with Gasteiger partial charge >= 0.3 is 0 Å². The highest BCUT2D eigenvalue weighted by Crippen LogP contribution is 2.38. The molecule has 3 rings (SSSR count). The summed E-state index contributed by atoms with van der Waals surface area (Å²) >= 11 is 0. The number of nitro groups is 1. The minimum absolute atomic E-state index is 0.189. The Balaban J connectivity index is 1.76. The van der Waals surface area contributed by atoms with E-state index in [9.17, 15) is 10.1 Å². The number of piperidine rings is 1. The lowest BCUT2D eigenvalue weighted by atomic mass is 10.1. The van der Waals surface area contributed by atoms with Gasteiger partial charge in [0.05, 0.1) is 4.92 Å². The van der Waals surface area contributed by atoms with Gasteiger partial charge in [-0.15, -0.1) is 0 Å². The maximum Gasteiger partial charge on any atom is 0.292 e. The number of likely N-dealkylation sites (tertiary alicyclic amines) is 1. The Morgan fingerprint density at radius 3 is 2.90 bits per heavy atom. The minimum atomic E-state index is -0.294. The number of nitro benzene ring substituents is 1. The normalized spacial score (nSPS) is 25.1. The second-order valence-corrected chi connectivity index (χ2v) is 5.90. The molecule has 2 fully saturated rings. The molecule has 0 spiro atoms. The summed E-state index contributed by atoms with van der Waals surface area (Å²) in [5.41, 5.74) is 1.85. The molecule has 1 N–H and O–H groups in total. The molecule has 0 radical (unpaired) electrons. The third kappa shape index (κ3) is 2.50. The number of fused-ring (bicyclic) bond motifs is 2. The van der Waals surface area contributed by atoms with Crippen molar-refractivity contribution in [3.63, 3.8) is 0 Å². The molecule has 108 valence electrons. The Hall–Kier alpha value is -1.62. The molecule has 1 aliphatic carbocycles. The van der Waals surface area contributed by atoms with Crippen LogP contribution in [0.15, 0.2) is 18.2 Å². The summed E-state index contributed by atoms with van der Waals surface area (Å²) in [6.45, 7) is 4.64. The molecule has 2 unspecified atom stereocenters. The van der Waals surface area contributed by atoms with E-state index in [0.29, 0.717) is 18.3 Å². The first-order chi connectivity index (χ1) is 9.67. The van der Waals surface area contributed by atoms with Crippen molar-refractivity contribution >= 4 is 11.4 Å². The van der Waals surface area contributed by atoms with Crippen molar-refractivity contribution < 1.29 is 4.92 Å². The van der Waals surface area contributed by atoms with E-state index in [1.807, 2.05) is 19.1 Å². The molecule has 1 aromatic rings. The van der Waals surface area contributed by atoms with Crippen LogP contribution in [0.3, 0.4) is 0 Å². The highest BCUT2D eigenvalue weighted by atomic mass is 16.6. The summed E-state index contributed by atoms with van der Waals surface area (Å²) < 4.78 is 0. The van der Waals surface area contributed by atoms with E-state index in [2.05, 4.69) is 10.2 Å². The van der Waals surface area contributed by atoms with Crippen LogP contribution in [0.2, 0.25) is 0 Å². The first-order valence-electron chi connectivity index (χ1n) is 7.42. The van der Waals surface area contributed by atoms with Crippen LogP contribution in [0.5, 0.6) is 0 Å². The Bertz CT molecular complexity index is 518. The number of nitrogens with zero attached hydrogens (tertiary/aromatic N) is 2. The summed E-state index contributed by atoms with van der Waals surface area (Å²) in [4.78, 5) is 13.4. The largest absolute Gasteiger partial charge is 0.380 e. The molecule has 2 atom stereocenters. The summed E-state index contributed by atoms with van der Waals surface area (Å²) in [5.74, 6) is 0.857. The standard InChI is InChI=1S/C15H21N3O2/c1-2-16-14-6-4-12(8-15(14)18(19)20)10-17-9-11-3-5-13(17)7-11/h4,6,8,11,13,16H,2-3,5,7,9-10H2,1H3. The maximum absolute atomic E-state index is 11.2. The van der Waals surface area contributed by atoms with E-state index in [1.165, 1.54) is 19.3 Å². The van der Waals surface area contributed by atoms with Crippen LogP contribution in [0.25, 0.3) is 0 Å². The first kappa shape index (κ1) is 13.4. The fourth-order valence-electron chi connectivity index (χ4n) is 3.62. The fraction of sp³-hybridized carbons (Fsp3) is 0.600. The lowest BCUT2D eigenvalue weighted by molar-refractivity contribution is -0.384. The van der Waals surface area contributed by atoms with Crippen molar-refractivity contribution in [2.24, 2.45) is 5.92 Å². The molecular weight excluding hydrogens is 254 g/mol. The average molecular weight is 275 g/mol. The van der Waals surface area contributed by atoms with Crippen molar-refractivity contribution in [1.29, 1.82) is 0 Å². The zero-order valence-electron chi connectivity index (χ0n) is 11.8. The van der Waals surface area contributed by atoms with E-state index < -0.39 is 0 Å². The second kappa shape index (κ2) is 5.40. The zero-order valence-corrected chi connectivity index (χ0v) is 11.8. The van der Waals surface area contributed by atoms with Crippen molar-refractivity contribution in [2.75, 3.05) is 18.4 Å². The van der Waals surface area contributed by atoms with E-state index in [1.54, 1.807) is 6.07 Å². The lowest BCUT2D eigenvalue weighted by Gasteiger charge is -2.26. The quantitative estimate of drug-likeness (QED) is 0.663. The van der Waals surface area contributed by atoms with Crippen LogP contribution >= 0.6 is 0 Å². The maximum atomic E-state index is 11.2. The molecule has 20 heavy (non-hydrogen) atoms. The van der Waals surface area contributed by atoms with Gasteiger partial charge in [0.1, 0.15) is 5.69 Å². The van der Waals surface area contributed by atoms with Gasteiger partial charge in [0.15, 0.2) is 0 Å². The van der Waals surface area contributed by atoms with Crippen molar-refractivity contribution in [1.82, 2.24) is 4.90 Å². The van der Waals surface area contributed by atoms with E-state index in [4.69, 9.17) is 0 Å². The van der Waals surface area contributed by atoms with Crippen LogP contribution in [-0.2, 0) is 6.54 Å². The summed E-state index contributed by atoms with van der Waals surface area (Å²) in [6.07, 6.45) is 3.97. The third-order valence-electron chi connectivity index (χ3n) is 4.53. The van der Waals surface area contributed by atoms with Gasteiger partial charge in [-0.25, -0.2) is 0 Å². The van der Waals surface area contributed by atoms with Crippen molar-refractivity contribution in [3.05, 3.63) is 33.9 Å². The molecule has 0 aromatic heterocycles. The SMILES string of the molecule is CCNc1ccc(CN2CC3CCC2C3)cc1[N+](=O)[O-]. The molecule has 2 bridgehead atoms. The lowest BCUT2D eigenvalue weighted by Crippen LogP contribution is -2.31. The Kier molecular flexibility index (Phi) is 3.61. The minimum Gasteiger partial charge on any atom is -0.380 e. The van der Waals surface area contributed by atoms with Gasteiger partial charge in [0.25, 0.3) is 5.69 Å². The molecule has 0 amide bonds. The molecule has 2 aliphatic rings. The molecule has 1 aromatic carbocycles. The second-order valence-electron chi connectivity index (χ2n) is 5.90. The van der Waals surface area contributed by atoms with Crippen LogP contribution in [0.4, 0.5) is 11.4 Å². The molecule has 1 heterocycles. The monoisotopic (exact) mass is 275 g/mol. The number of nitrogens with one attached hydrogen (secondary N) is 1. The van der Waals surface area contributed by atoms with Gasteiger partial charge in [0, 0.05) is 31.7 Å². The van der Waals surface area contributed by atoms with E-state index >= 15 is 0 Å². The predicted octanol–water partition coefficient (Wildman–Crippen LogP) is 3.01. The number of anilines is 1. The molecule has 1 aliphatic heterocycles. The number of rotatable bonds is 5. The van der Waals surface area contributed by atoms with Gasteiger partial charge in [0.2, 0.25) is 0 Å². The molecule has 1 saturated heterocycles. The topological polar surface area (TPSA) is 58.4 Å². The van der Waals surface area contributed by atoms with E-state index in [-0.39, 0.29) is 10.6 Å². The summed E-state index contributed by atoms with van der Waals surface area (Å²) in [6, 6.07) is 6.28. The van der Waals surface area contributed by atoms with E-state index in [0.717, 1.165) is 24.6 Å². The molecule has 1 saturated carbocycles. The smallest absolute Gasteiger partial charge is 0.292 e. The molecule has 5 heteroatoms.